The molecule has 1 heterocycles. The first-order chi connectivity index (χ1) is 16.0. The van der Waals surface area contributed by atoms with Crippen LogP contribution in [0.3, 0.4) is 0 Å². The number of nitrogens with zero attached hydrogens (tertiary/aromatic N) is 2. The van der Waals surface area contributed by atoms with Crippen molar-refractivity contribution in [3.8, 4) is 0 Å². The van der Waals surface area contributed by atoms with Crippen molar-refractivity contribution < 1.29 is 32.3 Å². The molecule has 11 heteroatoms. The average Bonchev–Trinajstić information content (AvgIpc) is 2.77. The Morgan fingerprint density at radius 1 is 1.03 bits per heavy atom. The normalized spacial score (nSPS) is 11.2. The Bertz CT molecular complexity index is 1240. The number of esters is 1. The minimum atomic E-state index is -4.55. The molecule has 0 aliphatic rings. The summed E-state index contributed by atoms with van der Waals surface area (Å²) in [6.45, 7) is 2.85. The Balaban J connectivity index is 1.71. The summed E-state index contributed by atoms with van der Waals surface area (Å²) in [5.74, 6) is -1.69. The molecule has 8 nitrogen and oxygen atoms in total. The van der Waals surface area contributed by atoms with E-state index in [2.05, 4.69) is 25.3 Å². The number of anilines is 1. The minimum absolute atomic E-state index is 0.130. The molecule has 34 heavy (non-hydrogen) atoms. The number of benzene rings is 2. The molecule has 3 aromatic rings. The van der Waals surface area contributed by atoms with Crippen molar-refractivity contribution in [1.29, 1.82) is 0 Å². The molecule has 0 bridgehead atoms. The standard InChI is InChI=1S/C23H21F3N4O4/c1-13-18(8-9-27-21(32)12-34-14(2)31)30-20-11-17(6-7-19(20)28-13)29-22(33)15-4-3-5-16(10-15)23(24,25)26/h3-7,10-11H,8-9,12H2,1-2H3,(H,27,32)(H,29,33). The van der Waals surface area contributed by atoms with Crippen LogP contribution in [0.5, 0.6) is 0 Å². The number of ether oxygens (including phenoxy) is 1. The van der Waals surface area contributed by atoms with E-state index in [0.29, 0.717) is 34.5 Å². The monoisotopic (exact) mass is 474 g/mol. The number of alkyl halides is 3. The fraction of sp³-hybridized carbons (Fsp3) is 0.261. The summed E-state index contributed by atoms with van der Waals surface area (Å²) in [5.41, 5.74) is 1.60. The zero-order chi connectivity index (χ0) is 24.9. The number of amides is 2. The van der Waals surface area contributed by atoms with Gasteiger partial charge in [-0.15, -0.1) is 0 Å². The highest BCUT2D eigenvalue weighted by molar-refractivity contribution is 6.05. The molecule has 1 aromatic heterocycles. The van der Waals surface area contributed by atoms with E-state index in [1.54, 1.807) is 25.1 Å². The molecule has 2 N–H and O–H groups in total. The van der Waals surface area contributed by atoms with Gasteiger partial charge in [0.05, 0.1) is 28.0 Å². The second kappa shape index (κ2) is 10.3. The third-order valence-corrected chi connectivity index (χ3v) is 4.74. The zero-order valence-corrected chi connectivity index (χ0v) is 18.3. The molecule has 3 rings (SSSR count). The fourth-order valence-electron chi connectivity index (χ4n) is 3.07. The predicted molar refractivity (Wildman–Crippen MR) is 117 cm³/mol. The van der Waals surface area contributed by atoms with E-state index in [1.807, 2.05) is 0 Å². The lowest BCUT2D eigenvalue weighted by atomic mass is 10.1. The molecule has 0 spiro atoms. The van der Waals surface area contributed by atoms with Crippen LogP contribution in [0.25, 0.3) is 11.0 Å². The van der Waals surface area contributed by atoms with Crippen molar-refractivity contribution in [2.75, 3.05) is 18.5 Å². The first-order valence-electron chi connectivity index (χ1n) is 10.2. The van der Waals surface area contributed by atoms with Crippen LogP contribution in [-0.4, -0.2) is 40.9 Å². The summed E-state index contributed by atoms with van der Waals surface area (Å²) >= 11 is 0. The lowest BCUT2D eigenvalue weighted by Gasteiger charge is -2.11. The average molecular weight is 474 g/mol. The lowest BCUT2D eigenvalue weighted by molar-refractivity contribution is -0.146. The Morgan fingerprint density at radius 3 is 2.50 bits per heavy atom. The number of hydrogen-bond donors (Lipinski definition) is 2. The molecule has 2 aromatic carbocycles. The topological polar surface area (TPSA) is 110 Å². The van der Waals surface area contributed by atoms with E-state index in [-0.39, 0.29) is 18.7 Å². The van der Waals surface area contributed by atoms with Crippen molar-refractivity contribution >= 4 is 34.5 Å². The number of halogens is 3. The van der Waals surface area contributed by atoms with Crippen LogP contribution in [-0.2, 0) is 26.9 Å². The number of hydrogen-bond acceptors (Lipinski definition) is 6. The molecule has 0 saturated heterocycles. The van der Waals surface area contributed by atoms with Gasteiger partial charge in [0.25, 0.3) is 11.8 Å². The molecule has 0 aliphatic carbocycles. The van der Waals surface area contributed by atoms with Crippen molar-refractivity contribution in [2.24, 2.45) is 0 Å². The van der Waals surface area contributed by atoms with Crippen molar-refractivity contribution in [3.05, 3.63) is 65.0 Å². The zero-order valence-electron chi connectivity index (χ0n) is 18.3. The number of rotatable bonds is 7. The number of aryl methyl sites for hydroxylation is 1. The van der Waals surface area contributed by atoms with Gasteiger partial charge in [-0.05, 0) is 43.3 Å². The van der Waals surface area contributed by atoms with Gasteiger partial charge in [-0.2, -0.15) is 13.2 Å². The van der Waals surface area contributed by atoms with Gasteiger partial charge >= 0.3 is 12.1 Å². The maximum absolute atomic E-state index is 12.9. The highest BCUT2D eigenvalue weighted by atomic mass is 19.4. The summed E-state index contributed by atoms with van der Waals surface area (Å²) in [6.07, 6.45) is -4.19. The Labute approximate surface area is 192 Å². The third-order valence-electron chi connectivity index (χ3n) is 4.74. The highest BCUT2D eigenvalue weighted by Crippen LogP contribution is 2.29. The van der Waals surface area contributed by atoms with E-state index in [9.17, 15) is 27.6 Å². The van der Waals surface area contributed by atoms with Crippen LogP contribution in [0.15, 0.2) is 42.5 Å². The number of carbonyl (C=O) groups is 3. The molecular weight excluding hydrogens is 453 g/mol. The predicted octanol–water partition coefficient (Wildman–Crippen LogP) is 3.43. The Morgan fingerprint density at radius 2 is 1.79 bits per heavy atom. The van der Waals surface area contributed by atoms with Crippen LogP contribution in [0.2, 0.25) is 0 Å². The van der Waals surface area contributed by atoms with Crippen molar-refractivity contribution in [2.45, 2.75) is 26.4 Å². The van der Waals surface area contributed by atoms with Crippen molar-refractivity contribution in [3.63, 3.8) is 0 Å². The van der Waals surface area contributed by atoms with E-state index in [4.69, 9.17) is 0 Å². The molecule has 178 valence electrons. The van der Waals surface area contributed by atoms with Gasteiger partial charge in [-0.1, -0.05) is 6.07 Å². The quantitative estimate of drug-likeness (QED) is 0.508. The maximum atomic E-state index is 12.9. The lowest BCUT2D eigenvalue weighted by Crippen LogP contribution is -2.30. The molecule has 2 amide bonds. The van der Waals surface area contributed by atoms with Gasteiger partial charge in [-0.25, -0.2) is 9.97 Å². The summed E-state index contributed by atoms with van der Waals surface area (Å²) in [7, 11) is 0. The van der Waals surface area contributed by atoms with E-state index in [1.165, 1.54) is 19.1 Å². The summed E-state index contributed by atoms with van der Waals surface area (Å²) in [6, 6.07) is 8.93. The van der Waals surface area contributed by atoms with Crippen LogP contribution in [0.1, 0.15) is 34.2 Å². The third kappa shape index (κ3) is 6.50. The van der Waals surface area contributed by atoms with Gasteiger partial charge in [0, 0.05) is 31.1 Å². The van der Waals surface area contributed by atoms with Crippen LogP contribution >= 0.6 is 0 Å². The number of carbonyl (C=O) groups excluding carboxylic acids is 3. The van der Waals surface area contributed by atoms with E-state index >= 15 is 0 Å². The second-order valence-corrected chi connectivity index (χ2v) is 7.37. The summed E-state index contributed by atoms with van der Waals surface area (Å²) in [4.78, 5) is 43.9. The Kier molecular flexibility index (Phi) is 7.44. The number of nitrogens with one attached hydrogen (secondary N) is 2. The number of fused-ring (bicyclic) bond motifs is 1. The molecule has 0 radical (unpaired) electrons. The van der Waals surface area contributed by atoms with Crippen LogP contribution in [0, 0.1) is 6.92 Å². The van der Waals surface area contributed by atoms with Gasteiger partial charge in [0.2, 0.25) is 0 Å². The van der Waals surface area contributed by atoms with Crippen LogP contribution < -0.4 is 10.6 Å². The first-order valence-corrected chi connectivity index (χ1v) is 10.2. The smallest absolute Gasteiger partial charge is 0.416 e. The Hall–Kier alpha value is -4.02. The van der Waals surface area contributed by atoms with Gasteiger partial charge in [0.15, 0.2) is 6.61 Å². The SMILES string of the molecule is CC(=O)OCC(=O)NCCc1nc2cc(NC(=O)c3cccc(C(F)(F)F)c3)ccc2nc1C. The molecule has 0 unspecified atom stereocenters. The first kappa shape index (κ1) is 24.6. The molecular formula is C23H21F3N4O4. The summed E-state index contributed by atoms with van der Waals surface area (Å²) < 4.78 is 43.4. The molecule has 0 atom stereocenters. The number of aromatic nitrogens is 2. The minimum Gasteiger partial charge on any atom is -0.456 e. The molecule has 0 aliphatic heterocycles. The van der Waals surface area contributed by atoms with Crippen molar-refractivity contribution in [1.82, 2.24) is 15.3 Å². The van der Waals surface area contributed by atoms with E-state index < -0.39 is 29.5 Å². The highest BCUT2D eigenvalue weighted by Gasteiger charge is 2.30. The van der Waals surface area contributed by atoms with Gasteiger partial charge in [-0.3, -0.25) is 14.4 Å². The molecule has 0 saturated carbocycles. The summed E-state index contributed by atoms with van der Waals surface area (Å²) in [5, 5.41) is 5.18. The fourth-order valence-corrected chi connectivity index (χ4v) is 3.07. The van der Waals surface area contributed by atoms with E-state index in [0.717, 1.165) is 12.1 Å². The van der Waals surface area contributed by atoms with Gasteiger partial charge < -0.3 is 15.4 Å². The second-order valence-electron chi connectivity index (χ2n) is 7.37. The van der Waals surface area contributed by atoms with Crippen LogP contribution in [0.4, 0.5) is 18.9 Å². The van der Waals surface area contributed by atoms with Gasteiger partial charge in [0.1, 0.15) is 0 Å². The molecule has 0 fully saturated rings. The maximum Gasteiger partial charge on any atom is 0.416 e. The largest absolute Gasteiger partial charge is 0.456 e.